The highest BCUT2D eigenvalue weighted by atomic mass is 35.5. The molecule has 1 N–H and O–H groups in total. The average molecular weight is 514 g/mol. The molecule has 5 aromatic rings. The molecule has 2 heterocycles. The van der Waals surface area contributed by atoms with E-state index in [1.165, 1.54) is 12.1 Å². The number of benzene rings is 3. The Morgan fingerprint density at radius 3 is 2.50 bits per heavy atom. The minimum Gasteiger partial charge on any atom is -0.278 e. The lowest BCUT2D eigenvalue weighted by Gasteiger charge is -2.09. The Morgan fingerprint density at radius 1 is 0.917 bits per heavy atom. The van der Waals surface area contributed by atoms with Crippen molar-refractivity contribution in [1.82, 2.24) is 14.8 Å². The number of para-hydroxylation sites is 2. The molecule has 0 saturated carbocycles. The van der Waals surface area contributed by atoms with Crippen molar-refractivity contribution in [1.29, 1.82) is 0 Å². The first-order chi connectivity index (χ1) is 17.5. The molecular formula is C27H20ClN5O2S. The van der Waals surface area contributed by atoms with Crippen LogP contribution in [0.25, 0.3) is 16.9 Å². The fraction of sp³-hybridized carbons (Fsp3) is 0. The molecule has 0 atom stereocenters. The molecule has 2 aromatic heterocycles. The molecule has 0 aliphatic rings. The van der Waals surface area contributed by atoms with Gasteiger partial charge in [-0.15, -0.1) is 0 Å². The Morgan fingerprint density at radius 2 is 1.72 bits per heavy atom. The zero-order valence-electron chi connectivity index (χ0n) is 18.9. The molecule has 9 heteroatoms. The van der Waals surface area contributed by atoms with Crippen LogP contribution in [0.5, 0.6) is 0 Å². The van der Waals surface area contributed by atoms with Crippen LogP contribution in [-0.4, -0.2) is 29.4 Å². The van der Waals surface area contributed by atoms with Crippen LogP contribution in [0.4, 0.5) is 11.4 Å². The van der Waals surface area contributed by atoms with E-state index >= 15 is 0 Å². The number of rotatable bonds is 7. The van der Waals surface area contributed by atoms with E-state index in [4.69, 9.17) is 16.7 Å². The molecule has 0 unspecified atom stereocenters. The lowest BCUT2D eigenvalue weighted by Crippen LogP contribution is -2.13. The van der Waals surface area contributed by atoms with E-state index in [1.807, 2.05) is 48.7 Å². The number of halogens is 1. The van der Waals surface area contributed by atoms with E-state index < -0.39 is 10.0 Å². The number of nitrogens with zero attached hydrogens (tertiary/aromatic N) is 4. The van der Waals surface area contributed by atoms with Crippen molar-refractivity contribution in [3.8, 4) is 16.9 Å². The predicted octanol–water partition coefficient (Wildman–Crippen LogP) is 6.14. The summed E-state index contributed by atoms with van der Waals surface area (Å²) in [6.07, 6.45) is 6.99. The van der Waals surface area contributed by atoms with Gasteiger partial charge in [0.15, 0.2) is 0 Å². The van der Waals surface area contributed by atoms with Crippen molar-refractivity contribution < 1.29 is 8.42 Å². The summed E-state index contributed by atoms with van der Waals surface area (Å²) in [5.74, 6) is 0. The van der Waals surface area contributed by atoms with Crippen LogP contribution >= 0.6 is 11.6 Å². The molecule has 0 amide bonds. The van der Waals surface area contributed by atoms with Crippen molar-refractivity contribution in [3.05, 3.63) is 120 Å². The summed E-state index contributed by atoms with van der Waals surface area (Å²) in [5.41, 5.74) is 3.99. The third-order valence-electron chi connectivity index (χ3n) is 5.30. The van der Waals surface area contributed by atoms with Crippen LogP contribution in [-0.2, 0) is 10.0 Å². The van der Waals surface area contributed by atoms with Gasteiger partial charge >= 0.3 is 0 Å². The van der Waals surface area contributed by atoms with Gasteiger partial charge in [0, 0.05) is 35.9 Å². The second kappa shape index (κ2) is 10.2. The lowest BCUT2D eigenvalue weighted by molar-refractivity contribution is 0.601. The van der Waals surface area contributed by atoms with Gasteiger partial charge in [-0.25, -0.2) is 13.1 Å². The normalized spacial score (nSPS) is 11.6. The summed E-state index contributed by atoms with van der Waals surface area (Å²) < 4.78 is 30.2. The third kappa shape index (κ3) is 5.19. The van der Waals surface area contributed by atoms with E-state index in [9.17, 15) is 8.42 Å². The van der Waals surface area contributed by atoms with Gasteiger partial charge in [0.25, 0.3) is 10.0 Å². The van der Waals surface area contributed by atoms with Gasteiger partial charge in [0.2, 0.25) is 0 Å². The number of hydrogen-bond donors (Lipinski definition) is 1. The molecule has 178 valence electrons. The predicted molar refractivity (Wildman–Crippen MR) is 143 cm³/mol. The molecule has 0 fully saturated rings. The summed E-state index contributed by atoms with van der Waals surface area (Å²) in [6.45, 7) is 0. The van der Waals surface area contributed by atoms with Gasteiger partial charge in [0.1, 0.15) is 5.69 Å². The quantitative estimate of drug-likeness (QED) is 0.265. The van der Waals surface area contributed by atoms with Gasteiger partial charge < -0.3 is 0 Å². The summed E-state index contributed by atoms with van der Waals surface area (Å²) in [7, 11) is -3.86. The molecule has 0 spiro atoms. The first-order valence-electron chi connectivity index (χ1n) is 11.0. The Hall–Kier alpha value is -4.27. The first-order valence-corrected chi connectivity index (χ1v) is 12.8. The van der Waals surface area contributed by atoms with E-state index in [0.717, 1.165) is 16.8 Å². The Labute approximate surface area is 213 Å². The fourth-order valence-electron chi connectivity index (χ4n) is 3.54. The second-order valence-electron chi connectivity index (χ2n) is 7.80. The molecule has 0 aliphatic heterocycles. The molecular weight excluding hydrogens is 494 g/mol. The minimum absolute atomic E-state index is 0.0736. The van der Waals surface area contributed by atoms with Crippen molar-refractivity contribution in [2.75, 3.05) is 4.72 Å². The Balaban J connectivity index is 1.47. The number of sulfonamides is 1. The van der Waals surface area contributed by atoms with Gasteiger partial charge in [-0.3, -0.25) is 14.7 Å². The number of anilines is 1. The molecule has 0 radical (unpaired) electrons. The fourth-order valence-corrected chi connectivity index (χ4v) is 4.90. The van der Waals surface area contributed by atoms with Gasteiger partial charge in [-0.05, 0) is 54.6 Å². The number of hydrogen-bond acceptors (Lipinski definition) is 5. The van der Waals surface area contributed by atoms with Gasteiger partial charge in [-0.1, -0.05) is 48.0 Å². The van der Waals surface area contributed by atoms with Crippen molar-refractivity contribution in [2.45, 2.75) is 4.90 Å². The highest BCUT2D eigenvalue weighted by Crippen LogP contribution is 2.26. The Bertz CT molecular complexity index is 1640. The van der Waals surface area contributed by atoms with Crippen LogP contribution in [0.3, 0.4) is 0 Å². The van der Waals surface area contributed by atoms with E-state index in [0.29, 0.717) is 22.1 Å². The van der Waals surface area contributed by atoms with Crippen LogP contribution in [0, 0.1) is 0 Å². The zero-order valence-corrected chi connectivity index (χ0v) is 20.4. The lowest BCUT2D eigenvalue weighted by atomic mass is 10.1. The largest absolute Gasteiger partial charge is 0.278 e. The topological polar surface area (TPSA) is 89.2 Å². The van der Waals surface area contributed by atoms with Crippen LogP contribution in [0.1, 0.15) is 5.56 Å². The van der Waals surface area contributed by atoms with Crippen molar-refractivity contribution in [2.24, 2.45) is 4.99 Å². The summed E-state index contributed by atoms with van der Waals surface area (Å²) >= 11 is 6.12. The van der Waals surface area contributed by atoms with Crippen molar-refractivity contribution >= 4 is 39.2 Å². The van der Waals surface area contributed by atoms with E-state index in [1.54, 1.807) is 59.7 Å². The highest BCUT2D eigenvalue weighted by molar-refractivity contribution is 7.92. The number of aliphatic imine (C=N–C) groups is 1. The minimum atomic E-state index is -3.86. The van der Waals surface area contributed by atoms with Crippen LogP contribution in [0.15, 0.2) is 119 Å². The maximum atomic E-state index is 12.9. The first kappa shape index (κ1) is 23.5. The van der Waals surface area contributed by atoms with E-state index in [-0.39, 0.29) is 4.90 Å². The standard InChI is InChI=1S/C27H20ClN5O2S/c28-25-13-4-5-14-26(25)32-36(34,35)24-12-6-9-22(16-24)30-18-21-19-33(23-10-2-1-3-11-23)31-27(21)20-8-7-15-29-17-20/h1-19,32H. The highest BCUT2D eigenvalue weighted by Gasteiger charge is 2.16. The summed E-state index contributed by atoms with van der Waals surface area (Å²) in [6, 6.07) is 26.6. The number of aromatic nitrogens is 3. The zero-order chi connectivity index (χ0) is 25.0. The van der Waals surface area contributed by atoms with Crippen molar-refractivity contribution in [3.63, 3.8) is 0 Å². The molecule has 5 rings (SSSR count). The van der Waals surface area contributed by atoms with E-state index in [2.05, 4.69) is 14.7 Å². The van der Waals surface area contributed by atoms with Gasteiger partial charge in [-0.2, -0.15) is 5.10 Å². The summed E-state index contributed by atoms with van der Waals surface area (Å²) in [4.78, 5) is 8.83. The average Bonchev–Trinajstić information content (AvgIpc) is 3.34. The monoisotopic (exact) mass is 513 g/mol. The Kier molecular flexibility index (Phi) is 6.62. The van der Waals surface area contributed by atoms with Crippen LogP contribution in [0.2, 0.25) is 5.02 Å². The second-order valence-corrected chi connectivity index (χ2v) is 9.89. The SMILES string of the molecule is O=S(=O)(Nc1ccccc1Cl)c1cccc(N=Cc2cn(-c3ccccc3)nc2-c2cccnc2)c1. The molecule has 0 bridgehead atoms. The smallest absolute Gasteiger partial charge is 0.262 e. The number of nitrogens with one attached hydrogen (secondary N) is 1. The third-order valence-corrected chi connectivity index (χ3v) is 6.99. The molecule has 0 saturated heterocycles. The molecule has 3 aromatic carbocycles. The number of pyridine rings is 1. The molecule has 0 aliphatic carbocycles. The maximum absolute atomic E-state index is 12.9. The molecule has 7 nitrogen and oxygen atoms in total. The van der Waals surface area contributed by atoms with Crippen LogP contribution < -0.4 is 4.72 Å². The summed E-state index contributed by atoms with van der Waals surface area (Å²) in [5, 5.41) is 5.06. The maximum Gasteiger partial charge on any atom is 0.262 e. The van der Waals surface area contributed by atoms with Gasteiger partial charge in [0.05, 0.1) is 27.0 Å². The molecule has 36 heavy (non-hydrogen) atoms.